The van der Waals surface area contributed by atoms with Gasteiger partial charge in [0.2, 0.25) is 0 Å². The van der Waals surface area contributed by atoms with Crippen molar-refractivity contribution in [2.75, 3.05) is 12.3 Å². The monoisotopic (exact) mass is 252 g/mol. The molecule has 0 radical (unpaired) electrons. The normalized spacial score (nSPS) is 11.9. The van der Waals surface area contributed by atoms with Crippen LogP contribution in [0.25, 0.3) is 0 Å². The third kappa shape index (κ3) is 4.06. The number of nitrogens with two attached hydrogens (primary N) is 2. The number of rotatable bonds is 5. The van der Waals surface area contributed by atoms with Gasteiger partial charge in [0.15, 0.2) is 0 Å². The molecule has 6 nitrogen and oxygen atoms in total. The van der Waals surface area contributed by atoms with Crippen molar-refractivity contribution in [2.45, 2.75) is 19.4 Å². The van der Waals surface area contributed by atoms with Gasteiger partial charge in [0.05, 0.1) is 12.2 Å². The van der Waals surface area contributed by atoms with E-state index in [-0.39, 0.29) is 13.0 Å². The number of benzene rings is 1. The standard InChI is InChI=1S/C12H16N2O4/c1-7-4-8(6-9(13)5-7)12(17)18-3-2-10(14)11(15)16/h4-6,10H,2-3,13-14H2,1H3,(H,15,16)/t10-/m0/s1. The van der Waals surface area contributed by atoms with E-state index in [1.165, 1.54) is 6.07 Å². The van der Waals surface area contributed by atoms with Crippen LogP contribution in [0, 0.1) is 6.92 Å². The summed E-state index contributed by atoms with van der Waals surface area (Å²) in [5.74, 6) is -1.66. The van der Waals surface area contributed by atoms with Crippen molar-refractivity contribution < 1.29 is 19.4 Å². The molecule has 0 aromatic heterocycles. The van der Waals surface area contributed by atoms with Crippen molar-refractivity contribution >= 4 is 17.6 Å². The number of esters is 1. The predicted molar refractivity (Wildman–Crippen MR) is 66.1 cm³/mol. The van der Waals surface area contributed by atoms with Crippen LogP contribution < -0.4 is 11.5 Å². The molecule has 1 aromatic carbocycles. The summed E-state index contributed by atoms with van der Waals surface area (Å²) in [6, 6.07) is 3.86. The molecule has 0 aliphatic heterocycles. The summed E-state index contributed by atoms with van der Waals surface area (Å²) in [5.41, 5.74) is 12.6. The molecule has 1 rings (SSSR count). The Labute approximate surface area is 105 Å². The number of nitrogen functional groups attached to an aromatic ring is 1. The zero-order valence-electron chi connectivity index (χ0n) is 10.1. The van der Waals surface area contributed by atoms with Gasteiger partial charge in [-0.05, 0) is 30.7 Å². The van der Waals surface area contributed by atoms with Crippen LogP contribution in [0.2, 0.25) is 0 Å². The Hall–Kier alpha value is -2.08. The Morgan fingerprint density at radius 2 is 2.06 bits per heavy atom. The van der Waals surface area contributed by atoms with Crippen LogP contribution in [0.15, 0.2) is 18.2 Å². The van der Waals surface area contributed by atoms with E-state index in [0.717, 1.165) is 5.56 Å². The number of carbonyl (C=O) groups excluding carboxylic acids is 1. The van der Waals surface area contributed by atoms with Crippen LogP contribution in [-0.2, 0) is 9.53 Å². The van der Waals surface area contributed by atoms with Gasteiger partial charge in [0.1, 0.15) is 6.04 Å². The fraction of sp³-hybridized carbons (Fsp3) is 0.333. The highest BCUT2D eigenvalue weighted by atomic mass is 16.5. The van der Waals surface area contributed by atoms with Gasteiger partial charge >= 0.3 is 11.9 Å². The first kappa shape index (κ1) is 14.0. The number of aliphatic carboxylic acids is 1. The molecule has 0 aliphatic carbocycles. The molecule has 5 N–H and O–H groups in total. The van der Waals surface area contributed by atoms with E-state index in [0.29, 0.717) is 11.3 Å². The Bertz CT molecular complexity index is 439. The number of anilines is 1. The first-order valence-corrected chi connectivity index (χ1v) is 5.43. The first-order valence-electron chi connectivity index (χ1n) is 5.43. The topological polar surface area (TPSA) is 116 Å². The molecule has 0 bridgehead atoms. The second-order valence-electron chi connectivity index (χ2n) is 4.00. The van der Waals surface area contributed by atoms with Gasteiger partial charge in [-0.15, -0.1) is 0 Å². The quantitative estimate of drug-likeness (QED) is 0.520. The van der Waals surface area contributed by atoms with Crippen LogP contribution in [0.3, 0.4) is 0 Å². The highest BCUT2D eigenvalue weighted by molar-refractivity contribution is 5.90. The van der Waals surface area contributed by atoms with Crippen molar-refractivity contribution in [2.24, 2.45) is 5.73 Å². The van der Waals surface area contributed by atoms with Crippen molar-refractivity contribution in [1.82, 2.24) is 0 Å². The largest absolute Gasteiger partial charge is 0.480 e. The summed E-state index contributed by atoms with van der Waals surface area (Å²) in [5, 5.41) is 8.56. The first-order chi connectivity index (χ1) is 8.40. The van der Waals surface area contributed by atoms with E-state index >= 15 is 0 Å². The van der Waals surface area contributed by atoms with E-state index in [1.807, 2.05) is 6.92 Å². The summed E-state index contributed by atoms with van der Waals surface area (Å²) in [6.07, 6.45) is 0.0718. The predicted octanol–water partition coefficient (Wildman–Crippen LogP) is 0.536. The molecule has 0 spiro atoms. The molecule has 0 heterocycles. The molecular weight excluding hydrogens is 236 g/mol. The van der Waals surface area contributed by atoms with Crippen LogP contribution in [0.5, 0.6) is 0 Å². The van der Waals surface area contributed by atoms with Gasteiger partial charge in [0, 0.05) is 12.1 Å². The van der Waals surface area contributed by atoms with Gasteiger partial charge in [0.25, 0.3) is 0 Å². The van der Waals surface area contributed by atoms with E-state index in [4.69, 9.17) is 21.3 Å². The molecule has 0 aliphatic rings. The van der Waals surface area contributed by atoms with Gasteiger partial charge in [-0.3, -0.25) is 4.79 Å². The van der Waals surface area contributed by atoms with Crippen molar-refractivity contribution in [3.05, 3.63) is 29.3 Å². The van der Waals surface area contributed by atoms with Crippen molar-refractivity contribution in [3.8, 4) is 0 Å². The summed E-state index contributed by atoms with van der Waals surface area (Å²) >= 11 is 0. The summed E-state index contributed by atoms with van der Waals surface area (Å²) in [6.45, 7) is 1.77. The Kier molecular flexibility index (Phi) is 4.67. The van der Waals surface area contributed by atoms with Gasteiger partial charge < -0.3 is 21.3 Å². The fourth-order valence-corrected chi connectivity index (χ4v) is 1.42. The maximum absolute atomic E-state index is 11.6. The third-order valence-electron chi connectivity index (χ3n) is 2.31. The molecule has 0 unspecified atom stereocenters. The maximum atomic E-state index is 11.6. The van der Waals surface area contributed by atoms with Gasteiger partial charge in [-0.25, -0.2) is 4.79 Å². The highest BCUT2D eigenvalue weighted by Crippen LogP contribution is 2.12. The van der Waals surface area contributed by atoms with Crippen molar-refractivity contribution in [3.63, 3.8) is 0 Å². The van der Waals surface area contributed by atoms with E-state index < -0.39 is 18.0 Å². The van der Waals surface area contributed by atoms with Crippen molar-refractivity contribution in [1.29, 1.82) is 0 Å². The van der Waals surface area contributed by atoms with Gasteiger partial charge in [-0.1, -0.05) is 0 Å². The lowest BCUT2D eigenvalue weighted by Crippen LogP contribution is -2.31. The number of carboxylic acid groups (broad SMARTS) is 1. The number of hydrogen-bond acceptors (Lipinski definition) is 5. The molecule has 0 fully saturated rings. The average molecular weight is 252 g/mol. The smallest absolute Gasteiger partial charge is 0.338 e. The summed E-state index contributed by atoms with van der Waals surface area (Å²) in [4.78, 5) is 22.1. The van der Waals surface area contributed by atoms with Crippen LogP contribution >= 0.6 is 0 Å². The minimum Gasteiger partial charge on any atom is -0.480 e. The second kappa shape index (κ2) is 6.02. The van der Waals surface area contributed by atoms with E-state index in [9.17, 15) is 9.59 Å². The number of hydrogen-bond donors (Lipinski definition) is 3. The summed E-state index contributed by atoms with van der Waals surface area (Å²) in [7, 11) is 0. The Morgan fingerprint density at radius 3 is 2.61 bits per heavy atom. The number of aryl methyl sites for hydroxylation is 1. The Balaban J connectivity index is 2.53. The molecule has 0 saturated carbocycles. The van der Waals surface area contributed by atoms with Crippen LogP contribution in [0.1, 0.15) is 22.3 Å². The SMILES string of the molecule is Cc1cc(N)cc(C(=O)OCC[C@H](N)C(=O)O)c1. The molecule has 18 heavy (non-hydrogen) atoms. The zero-order valence-corrected chi connectivity index (χ0v) is 10.1. The molecule has 0 amide bonds. The second-order valence-corrected chi connectivity index (χ2v) is 4.00. The molecule has 98 valence electrons. The lowest BCUT2D eigenvalue weighted by molar-refractivity contribution is -0.138. The molecule has 0 saturated heterocycles. The fourth-order valence-electron chi connectivity index (χ4n) is 1.42. The lowest BCUT2D eigenvalue weighted by atomic mass is 10.1. The minimum atomic E-state index is -1.12. The molecule has 1 aromatic rings. The number of carbonyl (C=O) groups is 2. The highest BCUT2D eigenvalue weighted by Gasteiger charge is 2.13. The van der Waals surface area contributed by atoms with Gasteiger partial charge in [-0.2, -0.15) is 0 Å². The minimum absolute atomic E-state index is 0.0415. The number of ether oxygens (including phenoxy) is 1. The lowest BCUT2D eigenvalue weighted by Gasteiger charge is -2.08. The third-order valence-corrected chi connectivity index (χ3v) is 2.31. The van der Waals surface area contributed by atoms with E-state index in [2.05, 4.69) is 0 Å². The average Bonchev–Trinajstić information content (AvgIpc) is 2.27. The Morgan fingerprint density at radius 1 is 1.39 bits per heavy atom. The zero-order chi connectivity index (χ0) is 13.7. The molecule has 6 heteroatoms. The maximum Gasteiger partial charge on any atom is 0.338 e. The molecular formula is C12H16N2O4. The summed E-state index contributed by atoms with van der Waals surface area (Å²) < 4.78 is 4.92. The van der Waals surface area contributed by atoms with E-state index in [1.54, 1.807) is 12.1 Å². The number of carboxylic acids is 1. The van der Waals surface area contributed by atoms with Crippen LogP contribution in [-0.4, -0.2) is 29.7 Å². The van der Waals surface area contributed by atoms with Crippen LogP contribution in [0.4, 0.5) is 5.69 Å². The molecule has 1 atom stereocenters.